The number of fused-ring (bicyclic) bond motifs is 2. The summed E-state index contributed by atoms with van der Waals surface area (Å²) in [5, 5.41) is 0. The van der Waals surface area contributed by atoms with Crippen molar-refractivity contribution >= 4 is 6.09 Å². The summed E-state index contributed by atoms with van der Waals surface area (Å²) in [5.74, 6) is 2.35. The molecule has 3 rings (SSSR count). The van der Waals surface area contributed by atoms with E-state index >= 15 is 0 Å². The van der Waals surface area contributed by atoms with Crippen LogP contribution in [0.5, 0.6) is 23.0 Å². The normalized spacial score (nSPS) is 16.2. The fourth-order valence-electron chi connectivity index (χ4n) is 3.20. The van der Waals surface area contributed by atoms with Crippen LogP contribution >= 0.6 is 0 Å². The summed E-state index contributed by atoms with van der Waals surface area (Å²) in [6.07, 6.45) is -0.847. The number of primary amides is 1. The maximum atomic E-state index is 10.9. The number of para-hydroxylation sites is 2. The Labute approximate surface area is 241 Å². The van der Waals surface area contributed by atoms with Crippen molar-refractivity contribution in [1.29, 1.82) is 0 Å². The zero-order chi connectivity index (χ0) is 29.4. The second-order valence-electron chi connectivity index (χ2n) is 8.26. The van der Waals surface area contributed by atoms with Crippen LogP contribution in [0, 0.1) is 0 Å². The molecule has 0 aromatic heterocycles. The first-order chi connectivity index (χ1) is 20.1. The summed E-state index contributed by atoms with van der Waals surface area (Å²) in [5.41, 5.74) is 5.77. The Morgan fingerprint density at radius 1 is 0.659 bits per heavy atom. The molecule has 0 atom stereocenters. The molecule has 2 aromatic carbocycles. The Morgan fingerprint density at radius 2 is 1.05 bits per heavy atom. The largest absolute Gasteiger partial charge is 0.487 e. The number of carbonyl (C=O) groups excluding carboxylic acids is 1. The number of ether oxygens (including phenoxy) is 10. The van der Waals surface area contributed by atoms with Crippen molar-refractivity contribution in [2.75, 3.05) is 93.0 Å². The molecule has 2 aromatic rings. The van der Waals surface area contributed by atoms with Gasteiger partial charge in [-0.05, 0) is 36.8 Å². The zero-order valence-electron chi connectivity index (χ0n) is 24.0. The lowest BCUT2D eigenvalue weighted by molar-refractivity contribution is 0.0223. The molecule has 0 bridgehead atoms. The van der Waals surface area contributed by atoms with Crippen LogP contribution in [0.2, 0.25) is 0 Å². The molecule has 0 unspecified atom stereocenters. The van der Waals surface area contributed by atoms with E-state index in [2.05, 4.69) is 4.74 Å². The van der Waals surface area contributed by atoms with Gasteiger partial charge < -0.3 is 53.1 Å². The van der Waals surface area contributed by atoms with Crippen LogP contribution in [0.3, 0.4) is 0 Å². The van der Waals surface area contributed by atoms with Gasteiger partial charge in [-0.1, -0.05) is 18.2 Å². The summed E-state index contributed by atoms with van der Waals surface area (Å²) in [4.78, 5) is 10.9. The number of methoxy groups -OCH3 is 1. The highest BCUT2D eigenvalue weighted by molar-refractivity contribution is 5.64. The van der Waals surface area contributed by atoms with Crippen LogP contribution in [-0.4, -0.2) is 99.1 Å². The highest BCUT2D eigenvalue weighted by atomic mass is 16.6. The van der Waals surface area contributed by atoms with Gasteiger partial charge in [-0.3, -0.25) is 0 Å². The van der Waals surface area contributed by atoms with Gasteiger partial charge in [0.25, 0.3) is 0 Å². The first-order valence-electron chi connectivity index (χ1n) is 13.6. The van der Waals surface area contributed by atoms with Gasteiger partial charge in [-0.25, -0.2) is 4.79 Å². The van der Waals surface area contributed by atoms with Crippen LogP contribution in [0.4, 0.5) is 4.79 Å². The zero-order valence-corrected chi connectivity index (χ0v) is 24.0. The summed E-state index contributed by atoms with van der Waals surface area (Å²) in [7, 11) is 1.68. The van der Waals surface area contributed by atoms with Crippen molar-refractivity contribution in [3.8, 4) is 23.0 Å². The van der Waals surface area contributed by atoms with Gasteiger partial charge in [0.05, 0.1) is 52.9 Å². The van der Waals surface area contributed by atoms with Gasteiger partial charge in [0, 0.05) is 13.7 Å². The minimum absolute atomic E-state index is 0.0310. The van der Waals surface area contributed by atoms with E-state index in [-0.39, 0.29) is 6.61 Å². The van der Waals surface area contributed by atoms with Gasteiger partial charge in [-0.2, -0.15) is 0 Å². The number of hydrogen-bond acceptors (Lipinski definition) is 11. The van der Waals surface area contributed by atoms with E-state index < -0.39 is 6.09 Å². The Hall–Kier alpha value is -3.29. The molecule has 0 spiro atoms. The standard InChI is InChI=1S/C26H35NO10.C3H8O/c27-26(28)37-20-21-5-6-24-25(19-21)36-18-14-32-10-9-30-12-16-34-23-4-2-1-3-22(23)33-15-11-29-7-8-31-13-17-35-24;1-3-4-2/h1-6,19H,7-18,20H2,(H2,27,28);3H2,1-2H3. The van der Waals surface area contributed by atoms with E-state index in [0.717, 1.165) is 6.61 Å². The molecule has 1 aliphatic rings. The van der Waals surface area contributed by atoms with Gasteiger partial charge in [0.1, 0.15) is 33.0 Å². The molecule has 1 heterocycles. The summed E-state index contributed by atoms with van der Waals surface area (Å²) in [6, 6.07) is 12.7. The maximum Gasteiger partial charge on any atom is 0.404 e. The predicted molar refractivity (Wildman–Crippen MR) is 150 cm³/mol. The van der Waals surface area contributed by atoms with Gasteiger partial charge in [-0.15, -0.1) is 0 Å². The number of carbonyl (C=O) groups is 1. The van der Waals surface area contributed by atoms with Crippen molar-refractivity contribution in [1.82, 2.24) is 0 Å². The second-order valence-corrected chi connectivity index (χ2v) is 8.26. The summed E-state index contributed by atoms with van der Waals surface area (Å²) in [6.45, 7) is 7.46. The number of rotatable bonds is 3. The van der Waals surface area contributed by atoms with Crippen LogP contribution in [0.25, 0.3) is 0 Å². The number of benzene rings is 2. The minimum atomic E-state index is -0.847. The molecule has 230 valence electrons. The fourth-order valence-corrected chi connectivity index (χ4v) is 3.20. The average Bonchev–Trinajstić information content (AvgIpc) is 2.98. The van der Waals surface area contributed by atoms with Crippen LogP contribution in [0.1, 0.15) is 12.5 Å². The number of hydrogen-bond donors (Lipinski definition) is 1. The first-order valence-corrected chi connectivity index (χ1v) is 13.6. The van der Waals surface area contributed by atoms with E-state index in [4.69, 9.17) is 48.4 Å². The molecule has 0 fully saturated rings. The van der Waals surface area contributed by atoms with Gasteiger partial charge in [0.15, 0.2) is 23.0 Å². The van der Waals surface area contributed by atoms with Gasteiger partial charge >= 0.3 is 6.09 Å². The molecule has 41 heavy (non-hydrogen) atoms. The Morgan fingerprint density at radius 3 is 1.46 bits per heavy atom. The van der Waals surface area contributed by atoms with Crippen LogP contribution in [0.15, 0.2) is 42.5 Å². The fraction of sp³-hybridized carbons (Fsp3) is 0.552. The molecule has 0 aliphatic carbocycles. The van der Waals surface area contributed by atoms with E-state index in [1.165, 1.54) is 0 Å². The van der Waals surface area contributed by atoms with Crippen molar-refractivity contribution in [2.45, 2.75) is 13.5 Å². The van der Waals surface area contributed by atoms with Crippen molar-refractivity contribution < 1.29 is 52.2 Å². The molecule has 0 saturated carbocycles. The molecular formula is C29H43NO11. The second kappa shape index (κ2) is 22.4. The molecular weight excluding hydrogens is 538 g/mol. The monoisotopic (exact) mass is 581 g/mol. The SMILES string of the molecule is CCOC.NC(=O)OCc1ccc2c(c1)OCCOCCOCCOc1ccccc1OCCOCCOCCO2. The van der Waals surface area contributed by atoms with E-state index in [1.54, 1.807) is 25.3 Å². The quantitative estimate of drug-likeness (QED) is 0.572. The van der Waals surface area contributed by atoms with E-state index in [0.29, 0.717) is 108 Å². The third-order valence-corrected chi connectivity index (χ3v) is 5.21. The molecule has 1 amide bonds. The smallest absolute Gasteiger partial charge is 0.404 e. The topological polar surface area (TPSA) is 135 Å². The lowest BCUT2D eigenvalue weighted by Crippen LogP contribution is -2.16. The maximum absolute atomic E-state index is 10.9. The molecule has 0 saturated heterocycles. The minimum Gasteiger partial charge on any atom is -0.487 e. The lowest BCUT2D eigenvalue weighted by atomic mass is 10.2. The molecule has 12 nitrogen and oxygen atoms in total. The third-order valence-electron chi connectivity index (χ3n) is 5.21. The molecule has 2 N–H and O–H groups in total. The Balaban J connectivity index is 0.00000138. The number of nitrogens with two attached hydrogens (primary N) is 1. The lowest BCUT2D eigenvalue weighted by Gasteiger charge is -2.15. The van der Waals surface area contributed by atoms with Crippen molar-refractivity contribution in [2.24, 2.45) is 5.73 Å². The van der Waals surface area contributed by atoms with Gasteiger partial charge in [0.2, 0.25) is 0 Å². The van der Waals surface area contributed by atoms with Crippen LogP contribution < -0.4 is 24.7 Å². The first kappa shape index (κ1) is 33.9. The van der Waals surface area contributed by atoms with Crippen LogP contribution in [-0.2, 0) is 35.0 Å². The van der Waals surface area contributed by atoms with E-state index in [9.17, 15) is 4.79 Å². The Kier molecular flexibility index (Phi) is 18.5. The Bertz CT molecular complexity index is 958. The summed E-state index contributed by atoms with van der Waals surface area (Å²) < 4.78 is 54.9. The molecule has 0 radical (unpaired) electrons. The predicted octanol–water partition coefficient (Wildman–Crippen LogP) is 3.23. The van der Waals surface area contributed by atoms with Crippen molar-refractivity contribution in [3.63, 3.8) is 0 Å². The number of amides is 1. The highest BCUT2D eigenvalue weighted by Gasteiger charge is 2.09. The third kappa shape index (κ3) is 15.9. The molecule has 12 heteroatoms. The molecule has 1 aliphatic heterocycles. The highest BCUT2D eigenvalue weighted by Crippen LogP contribution is 2.29. The summed E-state index contributed by atoms with van der Waals surface area (Å²) >= 11 is 0. The van der Waals surface area contributed by atoms with Crippen molar-refractivity contribution in [3.05, 3.63) is 48.0 Å². The van der Waals surface area contributed by atoms with E-state index in [1.807, 2.05) is 31.2 Å². The average molecular weight is 582 g/mol.